The van der Waals surface area contributed by atoms with E-state index in [4.69, 9.17) is 0 Å². The average Bonchev–Trinajstić information content (AvgIpc) is 3.28. The molecule has 2 aliphatic rings. The zero-order chi connectivity index (χ0) is 16.5. The van der Waals surface area contributed by atoms with E-state index < -0.39 is 5.92 Å². The summed E-state index contributed by atoms with van der Waals surface area (Å²) < 4.78 is 2.10. The van der Waals surface area contributed by atoms with Gasteiger partial charge in [0.15, 0.2) is 5.16 Å². The van der Waals surface area contributed by atoms with Crippen LogP contribution in [0.3, 0.4) is 0 Å². The number of anilines is 1. The van der Waals surface area contributed by atoms with Gasteiger partial charge >= 0.3 is 0 Å². The lowest BCUT2D eigenvalue weighted by Gasteiger charge is -2.16. The van der Waals surface area contributed by atoms with Gasteiger partial charge in [0.1, 0.15) is 5.92 Å². The highest BCUT2D eigenvalue weighted by Gasteiger charge is 2.37. The fraction of sp³-hybridized carbons (Fsp3) is 0.353. The lowest BCUT2D eigenvalue weighted by Crippen LogP contribution is -2.36. The van der Waals surface area contributed by atoms with Gasteiger partial charge in [-0.25, -0.2) is 4.98 Å². The van der Waals surface area contributed by atoms with Crippen LogP contribution < -0.4 is 10.2 Å². The quantitative estimate of drug-likeness (QED) is 0.858. The summed E-state index contributed by atoms with van der Waals surface area (Å²) in [5.74, 6) is 0.121. The molecule has 0 aliphatic carbocycles. The fourth-order valence-electron chi connectivity index (χ4n) is 3.14. The number of aryl methyl sites for hydroxylation is 1. The van der Waals surface area contributed by atoms with E-state index in [2.05, 4.69) is 14.9 Å². The largest absolute Gasteiger partial charge is 0.350 e. The number of aromatic nitrogens is 2. The number of imidazole rings is 1. The molecule has 2 aliphatic heterocycles. The van der Waals surface area contributed by atoms with Crippen LogP contribution >= 0.6 is 11.8 Å². The highest BCUT2D eigenvalue weighted by Crippen LogP contribution is 2.26. The lowest BCUT2D eigenvalue weighted by molar-refractivity contribution is -0.132. The smallest absolute Gasteiger partial charge is 0.239 e. The van der Waals surface area contributed by atoms with Crippen molar-refractivity contribution in [1.29, 1.82) is 0 Å². The third-order valence-corrected chi connectivity index (χ3v) is 5.36. The minimum Gasteiger partial charge on any atom is -0.350 e. The number of carbonyl (C=O) groups is 2. The maximum Gasteiger partial charge on any atom is 0.239 e. The number of thioether (sulfide) groups is 1. The van der Waals surface area contributed by atoms with Crippen LogP contribution in [0.5, 0.6) is 0 Å². The second-order valence-electron chi connectivity index (χ2n) is 5.94. The Morgan fingerprint density at radius 2 is 2.12 bits per heavy atom. The van der Waals surface area contributed by atoms with Gasteiger partial charge in [-0.05, 0) is 18.6 Å². The van der Waals surface area contributed by atoms with E-state index in [1.54, 1.807) is 16.7 Å². The molecule has 2 aromatic rings. The Bertz CT molecular complexity index is 753. The van der Waals surface area contributed by atoms with E-state index in [0.29, 0.717) is 19.5 Å². The number of nitrogens with zero attached hydrogens (tertiary/aromatic N) is 3. The number of nitrogens with one attached hydrogen (secondary N) is 1. The van der Waals surface area contributed by atoms with Crippen LogP contribution in [0.25, 0.3) is 0 Å². The molecule has 1 aromatic carbocycles. The van der Waals surface area contributed by atoms with E-state index in [9.17, 15) is 9.59 Å². The number of hydrogen-bond acceptors (Lipinski definition) is 4. The Morgan fingerprint density at radius 3 is 2.92 bits per heavy atom. The van der Waals surface area contributed by atoms with Crippen LogP contribution in [-0.4, -0.2) is 33.7 Å². The van der Waals surface area contributed by atoms with Gasteiger partial charge in [-0.1, -0.05) is 30.0 Å². The summed E-state index contributed by atoms with van der Waals surface area (Å²) in [6.45, 7) is 1.92. The van der Waals surface area contributed by atoms with Crippen molar-refractivity contribution in [1.82, 2.24) is 14.9 Å². The van der Waals surface area contributed by atoms with Gasteiger partial charge in [0.2, 0.25) is 11.8 Å². The Hall–Kier alpha value is -2.28. The Kier molecular flexibility index (Phi) is 4.02. The van der Waals surface area contributed by atoms with Crippen LogP contribution in [0.15, 0.2) is 41.7 Å². The van der Waals surface area contributed by atoms with Crippen molar-refractivity contribution in [2.75, 3.05) is 17.2 Å². The first-order valence-corrected chi connectivity index (χ1v) is 9.04. The number of carbonyl (C=O) groups excluding carboxylic acids is 2. The first kappa shape index (κ1) is 15.3. The molecule has 2 amide bonds. The van der Waals surface area contributed by atoms with Crippen molar-refractivity contribution in [2.24, 2.45) is 5.92 Å². The van der Waals surface area contributed by atoms with Gasteiger partial charge in [0.25, 0.3) is 0 Å². The molecule has 0 saturated carbocycles. The van der Waals surface area contributed by atoms with Gasteiger partial charge < -0.3 is 14.8 Å². The highest BCUT2D eigenvalue weighted by atomic mass is 32.2. The number of benzene rings is 1. The van der Waals surface area contributed by atoms with Crippen molar-refractivity contribution in [2.45, 2.75) is 24.7 Å². The molecule has 1 fully saturated rings. The van der Waals surface area contributed by atoms with Crippen LogP contribution in [0.1, 0.15) is 12.1 Å². The number of fused-ring (bicyclic) bond motifs is 1. The molecule has 4 rings (SSSR count). The summed E-state index contributed by atoms with van der Waals surface area (Å²) in [5.41, 5.74) is 1.69. The van der Waals surface area contributed by atoms with Gasteiger partial charge in [-0.2, -0.15) is 0 Å². The monoisotopic (exact) mass is 342 g/mol. The molecule has 1 aromatic heterocycles. The average molecular weight is 342 g/mol. The van der Waals surface area contributed by atoms with Gasteiger partial charge in [0, 0.05) is 30.7 Å². The molecule has 7 heteroatoms. The first-order chi connectivity index (χ1) is 11.7. The molecular formula is C17H18N4O2S. The number of hydrogen-bond donors (Lipinski definition) is 1. The molecule has 0 bridgehead atoms. The number of amides is 2. The predicted octanol–water partition coefficient (Wildman–Crippen LogP) is 1.66. The Morgan fingerprint density at radius 1 is 1.29 bits per heavy atom. The Labute approximate surface area is 144 Å². The standard InChI is InChI=1S/C17H18N4O2S/c22-15(18-10-12-11-20-8-9-24-17(20)19-12)14-6-7-21(16(14)23)13-4-2-1-3-5-13/h1-5,11,14H,6-10H2,(H,18,22)/t14-/m0/s1. The van der Waals surface area contributed by atoms with E-state index in [0.717, 1.165) is 28.8 Å². The fourth-order valence-corrected chi connectivity index (χ4v) is 4.10. The molecule has 3 heterocycles. The normalized spacial score (nSPS) is 19.6. The second kappa shape index (κ2) is 6.32. The summed E-state index contributed by atoms with van der Waals surface area (Å²) in [5, 5.41) is 3.87. The summed E-state index contributed by atoms with van der Waals surface area (Å²) in [6, 6.07) is 9.48. The van der Waals surface area contributed by atoms with Crippen molar-refractivity contribution in [3.8, 4) is 0 Å². The van der Waals surface area contributed by atoms with Gasteiger partial charge in [-0.3, -0.25) is 9.59 Å². The van der Waals surface area contributed by atoms with E-state index in [-0.39, 0.29) is 11.8 Å². The Balaban J connectivity index is 1.37. The molecule has 0 radical (unpaired) electrons. The van der Waals surface area contributed by atoms with Crippen LogP contribution in [0, 0.1) is 5.92 Å². The molecule has 6 nitrogen and oxygen atoms in total. The molecule has 124 valence electrons. The van der Waals surface area contributed by atoms with Crippen LogP contribution in [-0.2, 0) is 22.7 Å². The zero-order valence-electron chi connectivity index (χ0n) is 13.1. The maximum atomic E-state index is 12.5. The summed E-state index contributed by atoms with van der Waals surface area (Å²) in [6.07, 6.45) is 2.53. The van der Waals surface area contributed by atoms with Crippen LogP contribution in [0.4, 0.5) is 5.69 Å². The second-order valence-corrected chi connectivity index (χ2v) is 7.00. The van der Waals surface area contributed by atoms with Crippen molar-refractivity contribution in [3.05, 3.63) is 42.2 Å². The number of rotatable bonds is 4. The van der Waals surface area contributed by atoms with E-state index >= 15 is 0 Å². The molecule has 24 heavy (non-hydrogen) atoms. The highest BCUT2D eigenvalue weighted by molar-refractivity contribution is 7.99. The van der Waals surface area contributed by atoms with Crippen molar-refractivity contribution in [3.63, 3.8) is 0 Å². The zero-order valence-corrected chi connectivity index (χ0v) is 14.0. The van der Waals surface area contributed by atoms with E-state index in [1.165, 1.54) is 0 Å². The summed E-state index contributed by atoms with van der Waals surface area (Å²) in [4.78, 5) is 31.1. The third kappa shape index (κ3) is 2.80. The molecule has 0 spiro atoms. The molecule has 1 N–H and O–H groups in total. The molecule has 1 saturated heterocycles. The number of para-hydroxylation sites is 1. The molecular weight excluding hydrogens is 324 g/mol. The molecule has 0 unspecified atom stereocenters. The van der Waals surface area contributed by atoms with E-state index in [1.807, 2.05) is 36.5 Å². The van der Waals surface area contributed by atoms with Gasteiger partial charge in [-0.15, -0.1) is 0 Å². The minimum atomic E-state index is -0.603. The van der Waals surface area contributed by atoms with Crippen molar-refractivity contribution >= 4 is 29.3 Å². The molecule has 1 atom stereocenters. The summed E-state index contributed by atoms with van der Waals surface area (Å²) >= 11 is 1.72. The SMILES string of the molecule is O=C(NCc1cn2c(n1)SCC2)[C@@H]1CCN(c2ccccc2)C1=O. The lowest BCUT2D eigenvalue weighted by atomic mass is 10.1. The first-order valence-electron chi connectivity index (χ1n) is 8.05. The third-order valence-electron chi connectivity index (χ3n) is 4.39. The van der Waals surface area contributed by atoms with Crippen LogP contribution in [0.2, 0.25) is 0 Å². The minimum absolute atomic E-state index is 0.124. The van der Waals surface area contributed by atoms with Gasteiger partial charge in [0.05, 0.1) is 12.2 Å². The maximum absolute atomic E-state index is 12.5. The predicted molar refractivity (Wildman–Crippen MR) is 91.7 cm³/mol. The summed E-state index contributed by atoms with van der Waals surface area (Å²) in [7, 11) is 0. The van der Waals surface area contributed by atoms with Crippen molar-refractivity contribution < 1.29 is 9.59 Å². The topological polar surface area (TPSA) is 67.2 Å².